The van der Waals surface area contributed by atoms with Crippen LogP contribution in [0.15, 0.2) is 6.07 Å². The molecule has 3 nitrogen and oxygen atoms in total. The summed E-state index contributed by atoms with van der Waals surface area (Å²) >= 11 is 0. The number of rotatable bonds is 6. The van der Waals surface area contributed by atoms with Gasteiger partial charge >= 0.3 is 0 Å². The smallest absolute Gasteiger partial charge is 0.129 e. The lowest BCUT2D eigenvalue weighted by molar-refractivity contribution is 0.544. The monoisotopic (exact) mass is 235 g/mol. The molecule has 0 fully saturated rings. The molecule has 0 aromatic carbocycles. The Balaban J connectivity index is 2.62. The third-order valence-electron chi connectivity index (χ3n) is 2.40. The van der Waals surface area contributed by atoms with E-state index in [1.54, 1.807) is 0 Å². The average Bonchev–Trinajstić information content (AvgIpc) is 2.14. The maximum Gasteiger partial charge on any atom is 0.129 e. The topological polar surface area (TPSA) is 37.8 Å². The van der Waals surface area contributed by atoms with E-state index in [9.17, 15) is 0 Å². The van der Waals surface area contributed by atoms with Crippen molar-refractivity contribution in [1.82, 2.24) is 15.3 Å². The van der Waals surface area contributed by atoms with Crippen LogP contribution in [-0.2, 0) is 13.0 Å². The van der Waals surface area contributed by atoms with Gasteiger partial charge in [-0.1, -0.05) is 27.7 Å². The molecule has 0 unspecified atom stereocenters. The molecule has 0 aliphatic rings. The van der Waals surface area contributed by atoms with Crippen LogP contribution in [0, 0.1) is 18.8 Å². The molecule has 0 aliphatic heterocycles. The first-order valence-electron chi connectivity index (χ1n) is 6.51. The van der Waals surface area contributed by atoms with Crippen molar-refractivity contribution < 1.29 is 0 Å². The molecule has 1 rings (SSSR count). The van der Waals surface area contributed by atoms with E-state index in [1.165, 1.54) is 0 Å². The Morgan fingerprint density at radius 1 is 1.12 bits per heavy atom. The molecule has 1 aromatic rings. The van der Waals surface area contributed by atoms with Crippen LogP contribution in [0.3, 0.4) is 0 Å². The zero-order valence-corrected chi connectivity index (χ0v) is 11.7. The summed E-state index contributed by atoms with van der Waals surface area (Å²) in [5, 5.41) is 3.42. The summed E-state index contributed by atoms with van der Waals surface area (Å²) in [6.07, 6.45) is 0.957. The van der Waals surface area contributed by atoms with E-state index in [2.05, 4.69) is 49.0 Å². The molecule has 0 aliphatic carbocycles. The quantitative estimate of drug-likeness (QED) is 0.824. The minimum absolute atomic E-state index is 0.605. The van der Waals surface area contributed by atoms with E-state index in [0.29, 0.717) is 11.8 Å². The zero-order chi connectivity index (χ0) is 12.8. The summed E-state index contributed by atoms with van der Waals surface area (Å²) < 4.78 is 0. The van der Waals surface area contributed by atoms with Gasteiger partial charge in [-0.15, -0.1) is 0 Å². The fourth-order valence-electron chi connectivity index (χ4n) is 1.74. The van der Waals surface area contributed by atoms with E-state index < -0.39 is 0 Å². The minimum Gasteiger partial charge on any atom is -0.311 e. The maximum atomic E-state index is 4.60. The van der Waals surface area contributed by atoms with Crippen molar-refractivity contribution in [3.05, 3.63) is 23.3 Å². The van der Waals surface area contributed by atoms with E-state index in [0.717, 1.165) is 36.7 Å². The molecule has 3 heteroatoms. The van der Waals surface area contributed by atoms with Gasteiger partial charge in [0, 0.05) is 18.7 Å². The van der Waals surface area contributed by atoms with Gasteiger partial charge < -0.3 is 5.32 Å². The standard InChI is InChI=1S/C14H25N3/c1-10(2)6-14-16-12(5)7-13(17-14)9-15-8-11(3)4/h7,10-11,15H,6,8-9H2,1-5H3. The molecule has 0 radical (unpaired) electrons. The van der Waals surface area contributed by atoms with Gasteiger partial charge in [-0.25, -0.2) is 9.97 Å². The predicted molar refractivity (Wildman–Crippen MR) is 71.9 cm³/mol. The molecule has 0 amide bonds. The second-order valence-corrected chi connectivity index (χ2v) is 5.54. The Labute approximate surface area is 105 Å². The van der Waals surface area contributed by atoms with Crippen molar-refractivity contribution >= 4 is 0 Å². The highest BCUT2D eigenvalue weighted by atomic mass is 14.9. The fraction of sp³-hybridized carbons (Fsp3) is 0.714. The van der Waals surface area contributed by atoms with Gasteiger partial charge in [0.15, 0.2) is 0 Å². The molecule has 0 saturated carbocycles. The zero-order valence-electron chi connectivity index (χ0n) is 11.7. The lowest BCUT2D eigenvalue weighted by Crippen LogP contribution is -2.20. The van der Waals surface area contributed by atoms with Gasteiger partial charge in [-0.3, -0.25) is 0 Å². The van der Waals surface area contributed by atoms with Crippen molar-refractivity contribution in [1.29, 1.82) is 0 Å². The predicted octanol–water partition coefficient (Wildman–Crippen LogP) is 2.73. The number of aryl methyl sites for hydroxylation is 1. The largest absolute Gasteiger partial charge is 0.311 e. The van der Waals surface area contributed by atoms with Crippen LogP contribution < -0.4 is 5.32 Å². The average molecular weight is 235 g/mol. The molecule has 0 spiro atoms. The first kappa shape index (κ1) is 14.1. The molecule has 17 heavy (non-hydrogen) atoms. The highest BCUT2D eigenvalue weighted by molar-refractivity contribution is 5.10. The Kier molecular flexibility index (Phi) is 5.56. The maximum absolute atomic E-state index is 4.60. The lowest BCUT2D eigenvalue weighted by Gasteiger charge is -2.10. The second kappa shape index (κ2) is 6.70. The van der Waals surface area contributed by atoms with E-state index in [4.69, 9.17) is 0 Å². The molecule has 1 aromatic heterocycles. The summed E-state index contributed by atoms with van der Waals surface area (Å²) in [6, 6.07) is 2.07. The van der Waals surface area contributed by atoms with E-state index in [-0.39, 0.29) is 0 Å². The van der Waals surface area contributed by atoms with Crippen LogP contribution in [0.4, 0.5) is 0 Å². The van der Waals surface area contributed by atoms with Gasteiger partial charge in [-0.2, -0.15) is 0 Å². The normalized spacial score (nSPS) is 11.5. The Bertz CT molecular complexity index is 345. The van der Waals surface area contributed by atoms with E-state index in [1.807, 2.05) is 6.92 Å². The van der Waals surface area contributed by atoms with Crippen LogP contribution >= 0.6 is 0 Å². The van der Waals surface area contributed by atoms with Crippen LogP contribution in [0.5, 0.6) is 0 Å². The van der Waals surface area contributed by atoms with Crippen LogP contribution in [-0.4, -0.2) is 16.5 Å². The number of nitrogens with zero attached hydrogens (tertiary/aromatic N) is 2. The molecule has 1 heterocycles. The van der Waals surface area contributed by atoms with Gasteiger partial charge in [0.2, 0.25) is 0 Å². The minimum atomic E-state index is 0.605. The summed E-state index contributed by atoms with van der Waals surface area (Å²) in [6.45, 7) is 12.7. The summed E-state index contributed by atoms with van der Waals surface area (Å²) in [7, 11) is 0. The summed E-state index contributed by atoms with van der Waals surface area (Å²) in [5.41, 5.74) is 2.17. The lowest BCUT2D eigenvalue weighted by atomic mass is 10.1. The van der Waals surface area contributed by atoms with Gasteiger partial charge in [-0.05, 0) is 31.4 Å². The summed E-state index contributed by atoms with van der Waals surface area (Å²) in [4.78, 5) is 9.08. The molecule has 96 valence electrons. The Morgan fingerprint density at radius 2 is 1.82 bits per heavy atom. The van der Waals surface area contributed by atoms with Crippen molar-refractivity contribution in [2.75, 3.05) is 6.54 Å². The van der Waals surface area contributed by atoms with Gasteiger partial charge in [0.05, 0.1) is 5.69 Å². The van der Waals surface area contributed by atoms with Crippen molar-refractivity contribution in [3.63, 3.8) is 0 Å². The third-order valence-corrected chi connectivity index (χ3v) is 2.40. The highest BCUT2D eigenvalue weighted by Crippen LogP contribution is 2.06. The molecule has 0 saturated heterocycles. The van der Waals surface area contributed by atoms with Crippen LogP contribution in [0.2, 0.25) is 0 Å². The molecule has 1 N–H and O–H groups in total. The van der Waals surface area contributed by atoms with E-state index >= 15 is 0 Å². The van der Waals surface area contributed by atoms with Crippen molar-refractivity contribution in [3.8, 4) is 0 Å². The fourth-order valence-corrected chi connectivity index (χ4v) is 1.74. The Hall–Kier alpha value is -0.960. The Morgan fingerprint density at radius 3 is 2.41 bits per heavy atom. The first-order valence-corrected chi connectivity index (χ1v) is 6.51. The van der Waals surface area contributed by atoms with Crippen LogP contribution in [0.25, 0.3) is 0 Å². The molecular weight excluding hydrogens is 210 g/mol. The van der Waals surface area contributed by atoms with Gasteiger partial charge in [0.1, 0.15) is 5.82 Å². The van der Waals surface area contributed by atoms with Crippen LogP contribution in [0.1, 0.15) is 44.9 Å². The van der Waals surface area contributed by atoms with Crippen molar-refractivity contribution in [2.45, 2.75) is 47.6 Å². The number of hydrogen-bond acceptors (Lipinski definition) is 3. The number of hydrogen-bond donors (Lipinski definition) is 1. The number of aromatic nitrogens is 2. The van der Waals surface area contributed by atoms with Gasteiger partial charge in [0.25, 0.3) is 0 Å². The second-order valence-electron chi connectivity index (χ2n) is 5.54. The molecule has 0 atom stereocenters. The summed E-state index contributed by atoms with van der Waals surface area (Å²) in [5.74, 6) is 2.25. The third kappa shape index (κ3) is 5.78. The first-order chi connectivity index (χ1) is 7.97. The van der Waals surface area contributed by atoms with Crippen molar-refractivity contribution in [2.24, 2.45) is 11.8 Å². The SMILES string of the molecule is Cc1cc(CNCC(C)C)nc(CC(C)C)n1. The number of nitrogens with one attached hydrogen (secondary N) is 1. The highest BCUT2D eigenvalue weighted by Gasteiger charge is 2.04. The molecule has 0 bridgehead atoms. The molecular formula is C14H25N3.